The highest BCUT2D eigenvalue weighted by atomic mass is 16.5. The monoisotopic (exact) mass is 412 g/mol. The smallest absolute Gasteiger partial charge is 0.276 e. The molecule has 0 saturated heterocycles. The van der Waals surface area contributed by atoms with Crippen LogP contribution < -0.4 is 20.1 Å². The van der Waals surface area contributed by atoms with Crippen LogP contribution in [0.1, 0.15) is 33.5 Å². The number of methoxy groups -OCH3 is 2. The van der Waals surface area contributed by atoms with Crippen LogP contribution in [-0.2, 0) is 13.6 Å². The van der Waals surface area contributed by atoms with Crippen LogP contribution in [0.15, 0.2) is 30.6 Å². The fourth-order valence-electron chi connectivity index (χ4n) is 2.93. The second-order valence-corrected chi connectivity index (χ2v) is 6.46. The van der Waals surface area contributed by atoms with E-state index in [0.717, 1.165) is 5.69 Å². The van der Waals surface area contributed by atoms with E-state index in [9.17, 15) is 9.59 Å². The molecule has 0 aliphatic heterocycles. The number of anilines is 2. The molecule has 0 unspecified atom stereocenters. The Morgan fingerprint density at radius 1 is 1.03 bits per heavy atom. The van der Waals surface area contributed by atoms with Gasteiger partial charge in [-0.3, -0.25) is 19.0 Å². The summed E-state index contributed by atoms with van der Waals surface area (Å²) < 4.78 is 13.6. The molecule has 1 aromatic carbocycles. The highest BCUT2D eigenvalue weighted by Crippen LogP contribution is 2.26. The Morgan fingerprint density at radius 3 is 2.33 bits per heavy atom. The summed E-state index contributed by atoms with van der Waals surface area (Å²) in [6, 6.07) is 4.87. The highest BCUT2D eigenvalue weighted by Gasteiger charge is 2.22. The van der Waals surface area contributed by atoms with Gasteiger partial charge in [-0.25, -0.2) is 0 Å². The van der Waals surface area contributed by atoms with Crippen molar-refractivity contribution in [2.24, 2.45) is 7.05 Å². The van der Waals surface area contributed by atoms with Crippen LogP contribution in [0.25, 0.3) is 0 Å². The molecule has 0 fully saturated rings. The first kappa shape index (κ1) is 20.9. The number of amides is 2. The van der Waals surface area contributed by atoms with Gasteiger partial charge in [-0.15, -0.1) is 0 Å². The lowest BCUT2D eigenvalue weighted by atomic mass is 10.1. The van der Waals surface area contributed by atoms with Gasteiger partial charge in [0, 0.05) is 19.7 Å². The van der Waals surface area contributed by atoms with Crippen LogP contribution in [0.3, 0.4) is 0 Å². The summed E-state index contributed by atoms with van der Waals surface area (Å²) in [4.78, 5) is 25.8. The SMILES string of the molecule is CCn1ncc(NC(=O)c2ccc(OC)cc2OC)c1C(=O)Nc1cnn(C)c1C. The molecule has 3 aromatic rings. The van der Waals surface area contributed by atoms with Crippen molar-refractivity contribution in [2.45, 2.75) is 20.4 Å². The van der Waals surface area contributed by atoms with Gasteiger partial charge in [0.2, 0.25) is 0 Å². The zero-order valence-corrected chi connectivity index (χ0v) is 17.5. The second kappa shape index (κ2) is 8.68. The number of hydrogen-bond donors (Lipinski definition) is 2. The third-order valence-corrected chi connectivity index (χ3v) is 4.74. The number of benzene rings is 1. The molecule has 0 atom stereocenters. The molecule has 158 valence electrons. The molecule has 2 amide bonds. The Kier molecular flexibility index (Phi) is 6.05. The fourth-order valence-corrected chi connectivity index (χ4v) is 2.93. The predicted octanol–water partition coefficient (Wildman–Crippen LogP) is 2.47. The Morgan fingerprint density at radius 2 is 1.73 bits per heavy atom. The molecule has 3 rings (SSSR count). The molecule has 10 nitrogen and oxygen atoms in total. The number of aromatic nitrogens is 4. The number of carbonyl (C=O) groups excluding carboxylic acids is 2. The van der Waals surface area contributed by atoms with E-state index in [1.165, 1.54) is 25.1 Å². The van der Waals surface area contributed by atoms with E-state index in [-0.39, 0.29) is 5.69 Å². The zero-order valence-electron chi connectivity index (χ0n) is 17.5. The van der Waals surface area contributed by atoms with Crippen LogP contribution in [0.4, 0.5) is 11.4 Å². The molecule has 0 saturated carbocycles. The molecular formula is C20H24N6O4. The Balaban J connectivity index is 1.89. The molecule has 10 heteroatoms. The average molecular weight is 412 g/mol. The Bertz CT molecular complexity index is 1090. The maximum Gasteiger partial charge on any atom is 0.276 e. The fraction of sp³-hybridized carbons (Fsp3) is 0.300. The lowest BCUT2D eigenvalue weighted by Gasteiger charge is -2.12. The van der Waals surface area contributed by atoms with Crippen molar-refractivity contribution in [2.75, 3.05) is 24.9 Å². The molecule has 0 bridgehead atoms. The topological polar surface area (TPSA) is 112 Å². The highest BCUT2D eigenvalue weighted by molar-refractivity contribution is 6.12. The maximum atomic E-state index is 13.0. The van der Waals surface area contributed by atoms with Crippen molar-refractivity contribution in [1.82, 2.24) is 19.6 Å². The predicted molar refractivity (Wildman–Crippen MR) is 111 cm³/mol. The van der Waals surface area contributed by atoms with Crippen LogP contribution in [0.2, 0.25) is 0 Å². The minimum atomic E-state index is -0.434. The van der Waals surface area contributed by atoms with Crippen molar-refractivity contribution in [3.8, 4) is 11.5 Å². The van der Waals surface area contributed by atoms with E-state index in [1.807, 2.05) is 13.8 Å². The van der Waals surface area contributed by atoms with E-state index >= 15 is 0 Å². The van der Waals surface area contributed by atoms with Crippen LogP contribution >= 0.6 is 0 Å². The van der Waals surface area contributed by atoms with E-state index in [0.29, 0.717) is 35.0 Å². The largest absolute Gasteiger partial charge is 0.497 e. The van der Waals surface area contributed by atoms with Gasteiger partial charge in [0.15, 0.2) is 0 Å². The van der Waals surface area contributed by atoms with E-state index in [1.54, 1.807) is 36.1 Å². The minimum absolute atomic E-state index is 0.238. The van der Waals surface area contributed by atoms with Gasteiger partial charge in [-0.1, -0.05) is 0 Å². The van der Waals surface area contributed by atoms with E-state index in [2.05, 4.69) is 20.8 Å². The second-order valence-electron chi connectivity index (χ2n) is 6.46. The van der Waals surface area contributed by atoms with Gasteiger partial charge in [-0.2, -0.15) is 10.2 Å². The van der Waals surface area contributed by atoms with Gasteiger partial charge >= 0.3 is 0 Å². The third kappa shape index (κ3) is 3.97. The molecule has 0 radical (unpaired) electrons. The van der Waals surface area contributed by atoms with Gasteiger partial charge in [0.05, 0.1) is 49.2 Å². The first-order chi connectivity index (χ1) is 14.4. The van der Waals surface area contributed by atoms with Gasteiger partial charge in [0.25, 0.3) is 11.8 Å². The summed E-state index contributed by atoms with van der Waals surface area (Å²) in [5.41, 5.74) is 2.22. The summed E-state index contributed by atoms with van der Waals surface area (Å²) in [7, 11) is 4.79. The number of carbonyl (C=O) groups is 2. The molecule has 30 heavy (non-hydrogen) atoms. The number of hydrogen-bond acceptors (Lipinski definition) is 6. The van der Waals surface area contributed by atoms with Crippen molar-refractivity contribution in [3.05, 3.63) is 47.5 Å². The van der Waals surface area contributed by atoms with Crippen LogP contribution in [0.5, 0.6) is 11.5 Å². The standard InChI is InChI=1S/C20H24N6O4/c1-6-26-18(20(28)23-15-10-21-25(3)12(15)2)16(11-22-26)24-19(27)14-8-7-13(29-4)9-17(14)30-5/h7-11H,6H2,1-5H3,(H,23,28)(H,24,27). The summed E-state index contributed by atoms with van der Waals surface area (Å²) in [6.45, 7) is 4.16. The van der Waals surface area contributed by atoms with Gasteiger partial charge < -0.3 is 20.1 Å². The van der Waals surface area contributed by atoms with Crippen molar-refractivity contribution < 1.29 is 19.1 Å². The zero-order chi connectivity index (χ0) is 21.8. The van der Waals surface area contributed by atoms with E-state index in [4.69, 9.17) is 9.47 Å². The van der Waals surface area contributed by atoms with Crippen LogP contribution in [0, 0.1) is 6.92 Å². The molecular weight excluding hydrogens is 388 g/mol. The number of nitrogens with one attached hydrogen (secondary N) is 2. The number of rotatable bonds is 7. The van der Waals surface area contributed by atoms with Crippen molar-refractivity contribution in [1.29, 1.82) is 0 Å². The quantitative estimate of drug-likeness (QED) is 0.617. The molecule has 2 N–H and O–H groups in total. The number of aryl methyl sites for hydroxylation is 2. The summed E-state index contributed by atoms with van der Waals surface area (Å²) in [6.07, 6.45) is 3.02. The van der Waals surface area contributed by atoms with Crippen molar-refractivity contribution >= 4 is 23.2 Å². The van der Waals surface area contributed by atoms with Gasteiger partial charge in [-0.05, 0) is 26.0 Å². The molecule has 2 aromatic heterocycles. The molecule has 0 aliphatic rings. The lowest BCUT2D eigenvalue weighted by Crippen LogP contribution is -2.21. The van der Waals surface area contributed by atoms with E-state index < -0.39 is 11.8 Å². The Hall–Kier alpha value is -3.82. The summed E-state index contributed by atoms with van der Waals surface area (Å²) in [5, 5.41) is 13.9. The molecule has 2 heterocycles. The summed E-state index contributed by atoms with van der Waals surface area (Å²) in [5.74, 6) is 0.0834. The first-order valence-corrected chi connectivity index (χ1v) is 9.28. The number of ether oxygens (including phenoxy) is 2. The molecule has 0 spiro atoms. The Labute approximate surface area is 173 Å². The average Bonchev–Trinajstić information content (AvgIpc) is 3.30. The molecule has 0 aliphatic carbocycles. The minimum Gasteiger partial charge on any atom is -0.497 e. The van der Waals surface area contributed by atoms with Crippen LogP contribution in [-0.4, -0.2) is 45.6 Å². The first-order valence-electron chi connectivity index (χ1n) is 9.28. The van der Waals surface area contributed by atoms with Gasteiger partial charge in [0.1, 0.15) is 17.2 Å². The maximum absolute atomic E-state index is 13.0. The number of nitrogens with zero attached hydrogens (tertiary/aromatic N) is 4. The normalized spacial score (nSPS) is 10.6. The van der Waals surface area contributed by atoms with Crippen molar-refractivity contribution in [3.63, 3.8) is 0 Å². The third-order valence-electron chi connectivity index (χ3n) is 4.74. The summed E-state index contributed by atoms with van der Waals surface area (Å²) >= 11 is 0. The lowest BCUT2D eigenvalue weighted by molar-refractivity contribution is 0.101.